The largest absolute Gasteiger partial charge is 0.508 e. The Labute approximate surface area is 148 Å². The second-order valence-electron chi connectivity index (χ2n) is 8.34. The molecule has 2 aliphatic rings. The number of hydrogen-bond acceptors (Lipinski definition) is 1. The highest BCUT2D eigenvalue weighted by Crippen LogP contribution is 2.57. The topological polar surface area (TPSA) is 20.2 Å². The molecule has 1 saturated carbocycles. The molecule has 0 heterocycles. The number of unbranched alkanes of at least 4 members (excludes halogenated alkanes) is 1. The van der Waals surface area contributed by atoms with Gasteiger partial charge in [0.05, 0.1) is 0 Å². The number of benzene rings is 1. The third kappa shape index (κ3) is 2.91. The zero-order valence-electron chi connectivity index (χ0n) is 15.8. The van der Waals surface area contributed by atoms with Gasteiger partial charge in [-0.25, -0.2) is 0 Å². The zero-order valence-corrected chi connectivity index (χ0v) is 15.8. The van der Waals surface area contributed by atoms with Crippen molar-refractivity contribution in [3.05, 3.63) is 41.5 Å². The molecule has 1 aromatic carbocycles. The first-order valence-electron chi connectivity index (χ1n) is 10.0. The van der Waals surface area contributed by atoms with Gasteiger partial charge < -0.3 is 5.11 Å². The maximum atomic E-state index is 10.2. The maximum absolute atomic E-state index is 10.2. The quantitative estimate of drug-likeness (QED) is 0.621. The average molecular weight is 327 g/mol. The van der Waals surface area contributed by atoms with Crippen molar-refractivity contribution >= 4 is 0 Å². The van der Waals surface area contributed by atoms with Gasteiger partial charge in [-0.2, -0.15) is 0 Å². The van der Waals surface area contributed by atoms with Crippen LogP contribution in [0.4, 0.5) is 0 Å². The molecule has 24 heavy (non-hydrogen) atoms. The fraction of sp³-hybridized carbons (Fsp3) is 0.652. The van der Waals surface area contributed by atoms with E-state index in [-0.39, 0.29) is 0 Å². The van der Waals surface area contributed by atoms with Crippen molar-refractivity contribution < 1.29 is 5.11 Å². The van der Waals surface area contributed by atoms with E-state index in [1.165, 1.54) is 44.1 Å². The van der Waals surface area contributed by atoms with Gasteiger partial charge in [-0.1, -0.05) is 45.8 Å². The molecule has 4 unspecified atom stereocenters. The van der Waals surface area contributed by atoms with E-state index in [0.29, 0.717) is 17.1 Å². The Bertz CT molecular complexity index is 602. The minimum atomic E-state index is 0.304. The summed E-state index contributed by atoms with van der Waals surface area (Å²) in [5, 5.41) is 10.2. The number of rotatable bonds is 5. The fourth-order valence-corrected chi connectivity index (χ4v) is 5.51. The van der Waals surface area contributed by atoms with Gasteiger partial charge in [0.25, 0.3) is 0 Å². The lowest BCUT2D eigenvalue weighted by Gasteiger charge is -2.51. The van der Waals surface area contributed by atoms with E-state index in [1.54, 1.807) is 5.56 Å². The van der Waals surface area contributed by atoms with Crippen LogP contribution in [-0.2, 0) is 12.8 Å². The van der Waals surface area contributed by atoms with Crippen LogP contribution in [-0.4, -0.2) is 5.11 Å². The number of phenols is 1. The predicted molar refractivity (Wildman–Crippen MR) is 103 cm³/mol. The van der Waals surface area contributed by atoms with Crippen LogP contribution < -0.4 is 0 Å². The highest BCUT2D eigenvalue weighted by atomic mass is 16.3. The van der Waals surface area contributed by atoms with Crippen molar-refractivity contribution in [2.24, 2.45) is 17.3 Å². The van der Waals surface area contributed by atoms with E-state index in [9.17, 15) is 5.11 Å². The van der Waals surface area contributed by atoms with Gasteiger partial charge in [-0.3, -0.25) is 0 Å². The molecule has 0 radical (unpaired) electrons. The first kappa shape index (κ1) is 17.6. The molecule has 3 rings (SSSR count). The minimum Gasteiger partial charge on any atom is -0.508 e. The Morgan fingerprint density at radius 3 is 2.75 bits per heavy atom. The number of fused-ring (bicyclic) bond motifs is 3. The third-order valence-electron chi connectivity index (χ3n) is 7.08. The van der Waals surface area contributed by atoms with Crippen LogP contribution in [0.3, 0.4) is 0 Å². The molecular formula is C23H34O. The van der Waals surface area contributed by atoms with E-state index in [0.717, 1.165) is 30.2 Å². The normalized spacial score (nSPS) is 32.0. The molecule has 4 atom stereocenters. The lowest BCUT2D eigenvalue weighted by Crippen LogP contribution is -2.41. The summed E-state index contributed by atoms with van der Waals surface area (Å²) in [6, 6.07) is 4.39. The summed E-state index contributed by atoms with van der Waals surface area (Å²) in [5.41, 5.74) is 4.38. The number of hydrogen-bond donors (Lipinski definition) is 1. The average Bonchev–Trinajstić information content (AvgIpc) is 2.59. The van der Waals surface area contributed by atoms with Crippen LogP contribution in [0.25, 0.3) is 0 Å². The van der Waals surface area contributed by atoms with Crippen LogP contribution in [0.15, 0.2) is 24.8 Å². The van der Waals surface area contributed by atoms with Gasteiger partial charge >= 0.3 is 0 Å². The molecule has 0 bridgehead atoms. The molecule has 0 saturated heterocycles. The Hall–Kier alpha value is -1.24. The van der Waals surface area contributed by atoms with E-state index in [1.807, 2.05) is 0 Å². The smallest absolute Gasteiger partial charge is 0.119 e. The Kier molecular flexibility index (Phi) is 5.08. The van der Waals surface area contributed by atoms with Gasteiger partial charge in [0.1, 0.15) is 5.75 Å². The van der Waals surface area contributed by atoms with Gasteiger partial charge in [-0.15, -0.1) is 6.58 Å². The first-order valence-corrected chi connectivity index (χ1v) is 10.0. The second-order valence-corrected chi connectivity index (χ2v) is 8.34. The number of allylic oxidation sites excluding steroid dienone is 1. The van der Waals surface area contributed by atoms with Crippen molar-refractivity contribution in [1.29, 1.82) is 0 Å². The van der Waals surface area contributed by atoms with Crippen LogP contribution in [0.2, 0.25) is 0 Å². The highest BCUT2D eigenvalue weighted by Gasteiger charge is 2.46. The first-order chi connectivity index (χ1) is 11.5. The van der Waals surface area contributed by atoms with Gasteiger partial charge in [0.2, 0.25) is 0 Å². The van der Waals surface area contributed by atoms with Gasteiger partial charge in [-0.05, 0) is 84.5 Å². The van der Waals surface area contributed by atoms with Gasteiger partial charge in [0.15, 0.2) is 0 Å². The second kappa shape index (κ2) is 6.94. The van der Waals surface area contributed by atoms with Crippen LogP contribution >= 0.6 is 0 Å². The molecule has 1 nitrogen and oxygen atoms in total. The molecule has 132 valence electrons. The fourth-order valence-electron chi connectivity index (χ4n) is 5.51. The maximum Gasteiger partial charge on any atom is 0.119 e. The Morgan fingerprint density at radius 1 is 1.29 bits per heavy atom. The van der Waals surface area contributed by atoms with Crippen LogP contribution in [0.1, 0.15) is 81.9 Å². The highest BCUT2D eigenvalue weighted by molar-refractivity contribution is 5.45. The number of aromatic hydroxyl groups is 1. The summed E-state index contributed by atoms with van der Waals surface area (Å²) in [7, 11) is 0. The van der Waals surface area contributed by atoms with Crippen molar-refractivity contribution in [2.75, 3.05) is 0 Å². The van der Waals surface area contributed by atoms with Crippen LogP contribution in [0.5, 0.6) is 5.75 Å². The lowest BCUT2D eigenvalue weighted by atomic mass is 9.53. The third-order valence-corrected chi connectivity index (χ3v) is 7.08. The van der Waals surface area contributed by atoms with Crippen molar-refractivity contribution in [3.63, 3.8) is 0 Å². The summed E-state index contributed by atoms with van der Waals surface area (Å²) < 4.78 is 0. The molecule has 0 aliphatic heterocycles. The molecule has 2 aliphatic carbocycles. The molecular weight excluding hydrogens is 292 g/mol. The lowest BCUT2D eigenvalue weighted by molar-refractivity contribution is 0.0602. The summed E-state index contributed by atoms with van der Waals surface area (Å²) in [4.78, 5) is 0. The van der Waals surface area contributed by atoms with E-state index >= 15 is 0 Å². The molecule has 0 aromatic heterocycles. The molecule has 1 fully saturated rings. The summed E-state index contributed by atoms with van der Waals surface area (Å²) in [6.07, 6.45) is 12.1. The summed E-state index contributed by atoms with van der Waals surface area (Å²) in [6.45, 7) is 11.1. The summed E-state index contributed by atoms with van der Waals surface area (Å²) in [5.74, 6) is 2.74. The monoisotopic (exact) mass is 326 g/mol. The summed E-state index contributed by atoms with van der Waals surface area (Å²) >= 11 is 0. The SMILES string of the molecule is C=CC1(C)CCC2c3cc(CC)c(O)cc3CCC2C1CCCC. The molecule has 1 heteroatoms. The standard InChI is InChI=1S/C23H34O/c1-5-8-9-21-19-11-10-17-15-22(24)16(6-2)14-20(17)18(19)12-13-23(21,4)7-3/h7,14-15,18-19,21,24H,3,5-6,8-13H2,1-2,4H3. The van der Waals surface area contributed by atoms with Crippen molar-refractivity contribution in [3.8, 4) is 5.75 Å². The molecule has 1 aromatic rings. The predicted octanol–water partition coefficient (Wildman–Crippen LogP) is 6.39. The van der Waals surface area contributed by atoms with E-state index < -0.39 is 0 Å². The molecule has 1 N–H and O–H groups in total. The number of aryl methyl sites for hydroxylation is 2. The molecule has 0 amide bonds. The molecule has 0 spiro atoms. The number of phenolic OH excluding ortho intramolecular Hbond substituents is 1. The Balaban J connectivity index is 1.96. The van der Waals surface area contributed by atoms with E-state index in [2.05, 4.69) is 45.6 Å². The van der Waals surface area contributed by atoms with Crippen molar-refractivity contribution in [2.45, 2.75) is 78.1 Å². The van der Waals surface area contributed by atoms with Gasteiger partial charge in [0, 0.05) is 0 Å². The van der Waals surface area contributed by atoms with Crippen molar-refractivity contribution in [1.82, 2.24) is 0 Å². The van der Waals surface area contributed by atoms with Crippen LogP contribution in [0, 0.1) is 17.3 Å². The Morgan fingerprint density at radius 2 is 2.08 bits per heavy atom. The zero-order chi connectivity index (χ0) is 17.3. The minimum absolute atomic E-state index is 0.304. The van der Waals surface area contributed by atoms with E-state index in [4.69, 9.17) is 0 Å².